The Morgan fingerprint density at radius 1 is 1.28 bits per heavy atom. The molecule has 132 valence electrons. The van der Waals surface area contributed by atoms with E-state index >= 15 is 0 Å². The summed E-state index contributed by atoms with van der Waals surface area (Å²) in [4.78, 5) is 51.3. The molecule has 1 aromatic carbocycles. The molecule has 0 saturated heterocycles. The predicted octanol–water partition coefficient (Wildman–Crippen LogP) is 0.174. The fourth-order valence-electron chi connectivity index (χ4n) is 2.06. The summed E-state index contributed by atoms with van der Waals surface area (Å²) in [7, 11) is 0. The first-order valence-corrected chi connectivity index (χ1v) is 7.64. The number of carbonyl (C=O) groups is 3. The van der Waals surface area contributed by atoms with Crippen LogP contribution in [0.4, 0.5) is 4.79 Å². The topological polar surface area (TPSA) is 119 Å². The second kappa shape index (κ2) is 8.04. The van der Waals surface area contributed by atoms with Gasteiger partial charge in [0.1, 0.15) is 6.54 Å². The number of fused-ring (bicyclic) bond motifs is 1. The SMILES string of the molecule is CCNC(=O)NC(=O)C(C)OC(=O)Cn1cnc2ccccc2c1=O. The lowest BCUT2D eigenvalue weighted by Gasteiger charge is -2.13. The van der Waals surface area contributed by atoms with Crippen molar-refractivity contribution in [3.05, 3.63) is 40.9 Å². The Bertz CT molecular complexity index is 861. The van der Waals surface area contributed by atoms with Crippen LogP contribution in [0.3, 0.4) is 0 Å². The van der Waals surface area contributed by atoms with Gasteiger partial charge in [-0.2, -0.15) is 0 Å². The highest BCUT2D eigenvalue weighted by atomic mass is 16.5. The minimum Gasteiger partial charge on any atom is -0.451 e. The van der Waals surface area contributed by atoms with Crippen LogP contribution in [0.15, 0.2) is 35.4 Å². The van der Waals surface area contributed by atoms with Crippen molar-refractivity contribution in [2.75, 3.05) is 6.54 Å². The molecule has 2 aromatic rings. The van der Waals surface area contributed by atoms with E-state index in [9.17, 15) is 19.2 Å². The van der Waals surface area contributed by atoms with Gasteiger partial charge in [-0.3, -0.25) is 24.3 Å². The molecule has 9 heteroatoms. The van der Waals surface area contributed by atoms with Crippen molar-refractivity contribution in [1.82, 2.24) is 20.2 Å². The van der Waals surface area contributed by atoms with Gasteiger partial charge < -0.3 is 10.1 Å². The highest BCUT2D eigenvalue weighted by Crippen LogP contribution is 2.04. The highest BCUT2D eigenvalue weighted by molar-refractivity contribution is 5.97. The van der Waals surface area contributed by atoms with Gasteiger partial charge >= 0.3 is 12.0 Å². The smallest absolute Gasteiger partial charge is 0.326 e. The van der Waals surface area contributed by atoms with Crippen molar-refractivity contribution in [3.8, 4) is 0 Å². The van der Waals surface area contributed by atoms with E-state index in [2.05, 4.69) is 10.3 Å². The summed E-state index contributed by atoms with van der Waals surface area (Å²) in [6, 6.07) is 6.07. The summed E-state index contributed by atoms with van der Waals surface area (Å²) in [6.07, 6.45) is 0.0602. The number of imide groups is 1. The van der Waals surface area contributed by atoms with Crippen LogP contribution in [-0.2, 0) is 20.9 Å². The lowest BCUT2D eigenvalue weighted by Crippen LogP contribution is -2.45. The fraction of sp³-hybridized carbons (Fsp3) is 0.312. The predicted molar refractivity (Wildman–Crippen MR) is 88.8 cm³/mol. The lowest BCUT2D eigenvalue weighted by atomic mass is 10.2. The molecule has 2 N–H and O–H groups in total. The van der Waals surface area contributed by atoms with E-state index in [1.54, 1.807) is 31.2 Å². The van der Waals surface area contributed by atoms with E-state index in [4.69, 9.17) is 4.74 Å². The third kappa shape index (κ3) is 4.63. The Morgan fingerprint density at radius 3 is 2.72 bits per heavy atom. The maximum absolute atomic E-state index is 12.3. The minimum absolute atomic E-state index is 0.352. The van der Waals surface area contributed by atoms with Crippen molar-refractivity contribution < 1.29 is 19.1 Å². The van der Waals surface area contributed by atoms with Crippen LogP contribution in [0.1, 0.15) is 13.8 Å². The molecule has 3 amide bonds. The van der Waals surface area contributed by atoms with Crippen LogP contribution in [-0.4, -0.2) is 40.1 Å². The zero-order valence-electron chi connectivity index (χ0n) is 13.8. The van der Waals surface area contributed by atoms with Crippen molar-refractivity contribution in [3.63, 3.8) is 0 Å². The molecule has 1 unspecified atom stereocenters. The van der Waals surface area contributed by atoms with Gasteiger partial charge in [0.05, 0.1) is 17.2 Å². The number of carbonyl (C=O) groups excluding carboxylic acids is 3. The first-order chi connectivity index (χ1) is 11.9. The molecule has 9 nitrogen and oxygen atoms in total. The van der Waals surface area contributed by atoms with Gasteiger partial charge in [-0.15, -0.1) is 0 Å². The summed E-state index contributed by atoms with van der Waals surface area (Å²) >= 11 is 0. The Hall–Kier alpha value is -3.23. The van der Waals surface area contributed by atoms with Crippen molar-refractivity contribution in [2.45, 2.75) is 26.5 Å². The number of ether oxygens (including phenoxy) is 1. The maximum Gasteiger partial charge on any atom is 0.326 e. The van der Waals surface area contributed by atoms with Crippen LogP contribution in [0.5, 0.6) is 0 Å². The van der Waals surface area contributed by atoms with E-state index in [1.165, 1.54) is 13.3 Å². The monoisotopic (exact) mass is 346 g/mol. The molecule has 1 heterocycles. The number of nitrogens with one attached hydrogen (secondary N) is 2. The van der Waals surface area contributed by atoms with Crippen molar-refractivity contribution in [1.29, 1.82) is 0 Å². The zero-order valence-corrected chi connectivity index (χ0v) is 13.8. The average Bonchev–Trinajstić information content (AvgIpc) is 2.57. The number of benzene rings is 1. The van der Waals surface area contributed by atoms with E-state index < -0.39 is 30.6 Å². The standard InChI is InChI=1S/C16H18N4O5/c1-3-17-16(24)19-14(22)10(2)25-13(21)8-20-9-18-12-7-5-4-6-11(12)15(20)23/h4-7,9-10H,3,8H2,1-2H3,(H2,17,19,22,24). The largest absolute Gasteiger partial charge is 0.451 e. The van der Waals surface area contributed by atoms with Gasteiger partial charge in [0.15, 0.2) is 6.10 Å². The van der Waals surface area contributed by atoms with Crippen molar-refractivity contribution >= 4 is 28.8 Å². The molecule has 0 aliphatic heterocycles. The molecule has 25 heavy (non-hydrogen) atoms. The molecular formula is C16H18N4O5. The van der Waals surface area contributed by atoms with Crippen LogP contribution < -0.4 is 16.2 Å². The second-order valence-corrected chi connectivity index (χ2v) is 5.18. The molecule has 1 atom stereocenters. The fourth-order valence-corrected chi connectivity index (χ4v) is 2.06. The molecule has 0 aliphatic carbocycles. The number of rotatable bonds is 5. The van der Waals surface area contributed by atoms with Gasteiger partial charge in [-0.1, -0.05) is 12.1 Å². The molecule has 1 aromatic heterocycles. The third-order valence-corrected chi connectivity index (χ3v) is 3.28. The molecule has 0 fully saturated rings. The summed E-state index contributed by atoms with van der Waals surface area (Å²) in [5.41, 5.74) is 0.133. The Morgan fingerprint density at radius 2 is 2.00 bits per heavy atom. The van der Waals surface area contributed by atoms with E-state index in [0.717, 1.165) is 4.57 Å². The Balaban J connectivity index is 2.00. The number of para-hydroxylation sites is 1. The second-order valence-electron chi connectivity index (χ2n) is 5.18. The molecule has 0 spiro atoms. The molecule has 0 bridgehead atoms. The first kappa shape index (κ1) is 18.1. The Kier molecular flexibility index (Phi) is 5.83. The van der Waals surface area contributed by atoms with E-state index in [1.807, 2.05) is 5.32 Å². The van der Waals surface area contributed by atoms with Gasteiger partial charge in [0, 0.05) is 6.54 Å². The zero-order chi connectivity index (χ0) is 18.4. The minimum atomic E-state index is -1.18. The number of hydrogen-bond acceptors (Lipinski definition) is 6. The maximum atomic E-state index is 12.3. The van der Waals surface area contributed by atoms with Gasteiger partial charge in [-0.05, 0) is 26.0 Å². The molecule has 2 rings (SSSR count). The third-order valence-electron chi connectivity index (χ3n) is 3.28. The number of amides is 3. The van der Waals surface area contributed by atoms with Crippen LogP contribution in [0, 0.1) is 0 Å². The van der Waals surface area contributed by atoms with Crippen LogP contribution >= 0.6 is 0 Å². The normalized spacial score (nSPS) is 11.6. The van der Waals surface area contributed by atoms with Gasteiger partial charge in [0.2, 0.25) is 0 Å². The van der Waals surface area contributed by atoms with Gasteiger partial charge in [0.25, 0.3) is 11.5 Å². The number of hydrogen-bond donors (Lipinski definition) is 2. The van der Waals surface area contributed by atoms with Crippen LogP contribution in [0.25, 0.3) is 10.9 Å². The number of aromatic nitrogens is 2. The quantitative estimate of drug-likeness (QED) is 0.745. The summed E-state index contributed by atoms with van der Waals surface area (Å²) in [5, 5.41) is 4.80. The first-order valence-electron chi connectivity index (χ1n) is 7.64. The van der Waals surface area contributed by atoms with E-state index in [0.29, 0.717) is 17.4 Å². The molecule has 0 radical (unpaired) electrons. The molecular weight excluding hydrogens is 328 g/mol. The van der Waals surface area contributed by atoms with Gasteiger partial charge in [-0.25, -0.2) is 9.78 Å². The van der Waals surface area contributed by atoms with E-state index in [-0.39, 0.29) is 5.56 Å². The highest BCUT2D eigenvalue weighted by Gasteiger charge is 2.20. The average molecular weight is 346 g/mol. The summed E-state index contributed by atoms with van der Waals surface area (Å²) in [6.45, 7) is 2.98. The molecule has 0 aliphatic rings. The molecule has 0 saturated carbocycles. The lowest BCUT2D eigenvalue weighted by molar-refractivity contribution is -0.155. The number of esters is 1. The summed E-state index contributed by atoms with van der Waals surface area (Å²) < 4.78 is 6.04. The Labute approximate surface area is 143 Å². The van der Waals surface area contributed by atoms with Crippen molar-refractivity contribution in [2.24, 2.45) is 0 Å². The summed E-state index contributed by atoms with van der Waals surface area (Å²) in [5.74, 6) is -1.55. The number of nitrogens with zero attached hydrogens (tertiary/aromatic N) is 2. The number of urea groups is 1. The van der Waals surface area contributed by atoms with Crippen LogP contribution in [0.2, 0.25) is 0 Å².